The van der Waals surface area contributed by atoms with Gasteiger partial charge in [-0.05, 0) is 18.2 Å². The molecule has 1 atom stereocenters. The van der Waals surface area contributed by atoms with E-state index in [-0.39, 0.29) is 11.9 Å². The second-order valence-electron chi connectivity index (χ2n) is 4.41. The third-order valence-electron chi connectivity index (χ3n) is 3.16. The fourth-order valence-electron chi connectivity index (χ4n) is 2.17. The van der Waals surface area contributed by atoms with Gasteiger partial charge >= 0.3 is 0 Å². The second-order valence-corrected chi connectivity index (χ2v) is 4.41. The second kappa shape index (κ2) is 6.54. The van der Waals surface area contributed by atoms with Crippen molar-refractivity contribution in [1.82, 2.24) is 4.90 Å². The number of benzene rings is 1. The Balaban J connectivity index is 2.16. The number of carbonyl (C=O) groups excluding carboxylic acids is 1. The van der Waals surface area contributed by atoms with Crippen molar-refractivity contribution in [3.05, 3.63) is 29.8 Å². The molecule has 19 heavy (non-hydrogen) atoms. The van der Waals surface area contributed by atoms with E-state index in [9.17, 15) is 4.79 Å². The standard InChI is InChI=1S/C14H19NO4/c1-17-9-12-10-19-7-6-15(12)14(16)11-4-3-5-13(8-11)18-2/h3-5,8,12H,6-7,9-10H2,1-2H3. The number of methoxy groups -OCH3 is 2. The highest BCUT2D eigenvalue weighted by molar-refractivity contribution is 5.94. The van der Waals surface area contributed by atoms with Crippen LogP contribution in [0.3, 0.4) is 0 Å². The number of hydrogen-bond acceptors (Lipinski definition) is 4. The summed E-state index contributed by atoms with van der Waals surface area (Å²) in [4.78, 5) is 14.3. The van der Waals surface area contributed by atoms with Gasteiger partial charge < -0.3 is 19.1 Å². The molecule has 0 aliphatic carbocycles. The monoisotopic (exact) mass is 265 g/mol. The summed E-state index contributed by atoms with van der Waals surface area (Å²) in [6.07, 6.45) is 0. The Bertz CT molecular complexity index is 433. The lowest BCUT2D eigenvalue weighted by Gasteiger charge is -2.35. The van der Waals surface area contributed by atoms with Gasteiger partial charge in [-0.2, -0.15) is 0 Å². The Morgan fingerprint density at radius 3 is 3.05 bits per heavy atom. The zero-order valence-corrected chi connectivity index (χ0v) is 11.3. The van der Waals surface area contributed by atoms with Crippen molar-refractivity contribution < 1.29 is 19.0 Å². The minimum Gasteiger partial charge on any atom is -0.497 e. The zero-order valence-electron chi connectivity index (χ0n) is 11.3. The van der Waals surface area contributed by atoms with Crippen LogP contribution in [0.15, 0.2) is 24.3 Å². The lowest BCUT2D eigenvalue weighted by molar-refractivity contribution is -0.0251. The van der Waals surface area contributed by atoms with E-state index >= 15 is 0 Å². The lowest BCUT2D eigenvalue weighted by atomic mass is 10.1. The molecule has 0 N–H and O–H groups in total. The molecule has 1 aliphatic heterocycles. The number of ether oxygens (including phenoxy) is 3. The molecule has 1 unspecified atom stereocenters. The first-order valence-corrected chi connectivity index (χ1v) is 6.28. The molecule has 0 saturated carbocycles. The predicted molar refractivity (Wildman–Crippen MR) is 70.5 cm³/mol. The maximum atomic E-state index is 12.5. The molecule has 1 heterocycles. The molecular formula is C14H19NO4. The smallest absolute Gasteiger partial charge is 0.254 e. The topological polar surface area (TPSA) is 48.0 Å². The van der Waals surface area contributed by atoms with Crippen LogP contribution in [0.4, 0.5) is 0 Å². The Labute approximate surface area is 113 Å². The van der Waals surface area contributed by atoms with E-state index in [1.165, 1.54) is 0 Å². The van der Waals surface area contributed by atoms with Gasteiger partial charge in [-0.25, -0.2) is 0 Å². The third-order valence-corrected chi connectivity index (χ3v) is 3.16. The van der Waals surface area contributed by atoms with E-state index in [1.807, 2.05) is 17.0 Å². The average molecular weight is 265 g/mol. The van der Waals surface area contributed by atoms with E-state index in [2.05, 4.69) is 0 Å². The van der Waals surface area contributed by atoms with Gasteiger partial charge in [0.1, 0.15) is 5.75 Å². The first-order chi connectivity index (χ1) is 9.26. The van der Waals surface area contributed by atoms with Gasteiger partial charge in [0.05, 0.1) is 33.0 Å². The van der Waals surface area contributed by atoms with Crippen LogP contribution in [0.2, 0.25) is 0 Å². The van der Waals surface area contributed by atoms with Crippen molar-refractivity contribution >= 4 is 5.91 Å². The van der Waals surface area contributed by atoms with Crippen LogP contribution in [0.1, 0.15) is 10.4 Å². The molecule has 1 amide bonds. The average Bonchev–Trinajstić information content (AvgIpc) is 2.47. The maximum Gasteiger partial charge on any atom is 0.254 e. The van der Waals surface area contributed by atoms with Gasteiger partial charge in [0.2, 0.25) is 0 Å². The van der Waals surface area contributed by atoms with Crippen molar-refractivity contribution in [2.75, 3.05) is 40.6 Å². The van der Waals surface area contributed by atoms with Gasteiger partial charge in [-0.15, -0.1) is 0 Å². The first kappa shape index (κ1) is 13.8. The number of hydrogen-bond donors (Lipinski definition) is 0. The Kier molecular flexibility index (Phi) is 4.76. The maximum absolute atomic E-state index is 12.5. The molecule has 0 bridgehead atoms. The van der Waals surface area contributed by atoms with Crippen LogP contribution in [0.5, 0.6) is 5.75 Å². The summed E-state index contributed by atoms with van der Waals surface area (Å²) in [5.41, 5.74) is 0.627. The molecule has 0 radical (unpaired) electrons. The van der Waals surface area contributed by atoms with Crippen LogP contribution in [-0.4, -0.2) is 57.4 Å². The molecule has 5 nitrogen and oxygen atoms in total. The first-order valence-electron chi connectivity index (χ1n) is 6.28. The molecule has 0 aromatic heterocycles. The van der Waals surface area contributed by atoms with Gasteiger partial charge in [-0.3, -0.25) is 4.79 Å². The number of carbonyl (C=O) groups is 1. The fourth-order valence-corrected chi connectivity index (χ4v) is 2.17. The van der Waals surface area contributed by atoms with E-state index < -0.39 is 0 Å². The molecule has 5 heteroatoms. The van der Waals surface area contributed by atoms with Crippen molar-refractivity contribution in [3.8, 4) is 5.75 Å². The molecule has 1 saturated heterocycles. The van der Waals surface area contributed by atoms with Crippen molar-refractivity contribution in [2.45, 2.75) is 6.04 Å². The largest absolute Gasteiger partial charge is 0.497 e. The molecule has 1 aliphatic rings. The SMILES string of the molecule is COCC1COCCN1C(=O)c1cccc(OC)c1. The van der Waals surface area contributed by atoms with E-state index in [1.54, 1.807) is 26.4 Å². The van der Waals surface area contributed by atoms with Crippen LogP contribution in [0, 0.1) is 0 Å². The quantitative estimate of drug-likeness (QED) is 0.820. The van der Waals surface area contributed by atoms with Gasteiger partial charge in [0.15, 0.2) is 0 Å². The predicted octanol–water partition coefficient (Wildman–Crippen LogP) is 1.18. The third kappa shape index (κ3) is 3.24. The molecule has 1 fully saturated rings. The summed E-state index contributed by atoms with van der Waals surface area (Å²) >= 11 is 0. The minimum absolute atomic E-state index is 0.00995. The molecular weight excluding hydrogens is 246 g/mol. The highest BCUT2D eigenvalue weighted by Gasteiger charge is 2.28. The van der Waals surface area contributed by atoms with Crippen LogP contribution < -0.4 is 4.74 Å². The molecule has 1 aromatic carbocycles. The van der Waals surface area contributed by atoms with Gasteiger partial charge in [0.25, 0.3) is 5.91 Å². The molecule has 0 spiro atoms. The van der Waals surface area contributed by atoms with E-state index in [0.29, 0.717) is 37.7 Å². The van der Waals surface area contributed by atoms with E-state index in [0.717, 1.165) is 0 Å². The Hall–Kier alpha value is -1.59. The normalized spacial score (nSPS) is 19.3. The van der Waals surface area contributed by atoms with Gasteiger partial charge in [0, 0.05) is 19.2 Å². The number of morpholine rings is 1. The highest BCUT2D eigenvalue weighted by Crippen LogP contribution is 2.17. The number of rotatable bonds is 4. The Morgan fingerprint density at radius 2 is 2.32 bits per heavy atom. The summed E-state index contributed by atoms with van der Waals surface area (Å²) in [5, 5.41) is 0. The van der Waals surface area contributed by atoms with Gasteiger partial charge in [-0.1, -0.05) is 6.07 Å². The zero-order chi connectivity index (χ0) is 13.7. The Morgan fingerprint density at radius 1 is 1.47 bits per heavy atom. The van der Waals surface area contributed by atoms with Crippen LogP contribution in [-0.2, 0) is 9.47 Å². The molecule has 2 rings (SSSR count). The van der Waals surface area contributed by atoms with Crippen molar-refractivity contribution in [3.63, 3.8) is 0 Å². The molecule has 104 valence electrons. The number of amides is 1. The van der Waals surface area contributed by atoms with Crippen LogP contribution in [0.25, 0.3) is 0 Å². The summed E-state index contributed by atoms with van der Waals surface area (Å²) in [6, 6.07) is 7.16. The highest BCUT2D eigenvalue weighted by atomic mass is 16.5. The minimum atomic E-state index is -0.0301. The van der Waals surface area contributed by atoms with Crippen LogP contribution >= 0.6 is 0 Å². The molecule has 1 aromatic rings. The number of nitrogens with zero attached hydrogens (tertiary/aromatic N) is 1. The van der Waals surface area contributed by atoms with E-state index in [4.69, 9.17) is 14.2 Å². The summed E-state index contributed by atoms with van der Waals surface area (Å²) < 4.78 is 15.7. The summed E-state index contributed by atoms with van der Waals surface area (Å²) in [6.45, 7) is 2.15. The summed E-state index contributed by atoms with van der Waals surface area (Å²) in [5.74, 6) is 0.673. The fraction of sp³-hybridized carbons (Fsp3) is 0.500. The van der Waals surface area contributed by atoms with Crippen molar-refractivity contribution in [2.24, 2.45) is 0 Å². The summed E-state index contributed by atoms with van der Waals surface area (Å²) in [7, 11) is 3.22. The van der Waals surface area contributed by atoms with Crippen molar-refractivity contribution in [1.29, 1.82) is 0 Å². The lowest BCUT2D eigenvalue weighted by Crippen LogP contribution is -2.50.